The van der Waals surface area contributed by atoms with Crippen LogP contribution in [0.5, 0.6) is 0 Å². The van der Waals surface area contributed by atoms with Crippen molar-refractivity contribution in [3.05, 3.63) is 0 Å². The number of unbranched alkanes of at least 4 members (excludes halogenated alkanes) is 1. The molecular weight excluding hydrogens is 478 g/mol. The molecule has 2 fully saturated rings. The van der Waals surface area contributed by atoms with Crippen molar-refractivity contribution in [3.63, 3.8) is 0 Å². The van der Waals surface area contributed by atoms with Crippen LogP contribution in [0.4, 0.5) is 4.79 Å². The Balaban J connectivity index is 2.05. The number of thioether (sulfide) groups is 1. The number of amidine groups is 1. The molecule has 1 aliphatic heterocycles. The molecule has 2 atom stereocenters. The van der Waals surface area contributed by atoms with Crippen molar-refractivity contribution in [1.82, 2.24) is 15.5 Å². The summed E-state index contributed by atoms with van der Waals surface area (Å²) in [6.45, 7) is 10.7. The molecule has 0 aromatic carbocycles. The molecule has 0 radical (unpaired) electrons. The van der Waals surface area contributed by atoms with Gasteiger partial charge in [0.2, 0.25) is 11.8 Å². The van der Waals surface area contributed by atoms with Gasteiger partial charge in [0, 0.05) is 23.8 Å². The average molecular weight is 526 g/mol. The second-order valence-corrected chi connectivity index (χ2v) is 12.7. The maximum atomic E-state index is 13.8. The van der Waals surface area contributed by atoms with E-state index in [9.17, 15) is 14.4 Å². The maximum absolute atomic E-state index is 13.8. The Morgan fingerprint density at radius 1 is 1.17 bits per heavy atom. The standard InChI is InChI=1S/C26H47N5O4S/c1-6-7-15-36-26(4,5)21(30-25(34)35-17(2)3)24(33)31-14-8-9-20(31)23(32)29-16-18-10-12-19(13-11-18)22(27)28/h17-21H,6-16H2,1-5H3,(H3,27,28)(H,29,32)(H,30,34)/t18-,19-,20-,21-/m0/s1. The summed E-state index contributed by atoms with van der Waals surface area (Å²) >= 11 is 1.66. The lowest BCUT2D eigenvalue weighted by Crippen LogP contribution is -2.60. The second-order valence-electron chi connectivity index (χ2n) is 10.9. The van der Waals surface area contributed by atoms with Crippen LogP contribution >= 0.6 is 11.8 Å². The molecule has 2 rings (SSSR count). The van der Waals surface area contributed by atoms with Gasteiger partial charge in [0.1, 0.15) is 12.1 Å². The molecule has 3 amide bonds. The van der Waals surface area contributed by atoms with Gasteiger partial charge < -0.3 is 26.0 Å². The molecule has 0 aromatic rings. The van der Waals surface area contributed by atoms with E-state index in [1.807, 2.05) is 13.8 Å². The molecule has 1 heterocycles. The van der Waals surface area contributed by atoms with E-state index in [1.54, 1.807) is 30.5 Å². The molecule has 10 heteroatoms. The van der Waals surface area contributed by atoms with Crippen LogP contribution in [0.1, 0.15) is 86.0 Å². The molecule has 9 nitrogen and oxygen atoms in total. The molecule has 36 heavy (non-hydrogen) atoms. The summed E-state index contributed by atoms with van der Waals surface area (Å²) in [5.74, 6) is 1.30. The molecule has 0 bridgehead atoms. The number of rotatable bonds is 12. The Morgan fingerprint density at radius 3 is 2.42 bits per heavy atom. The second kappa shape index (κ2) is 14.1. The number of hydrogen-bond acceptors (Lipinski definition) is 6. The predicted molar refractivity (Wildman–Crippen MR) is 145 cm³/mol. The van der Waals surface area contributed by atoms with Gasteiger partial charge in [-0.3, -0.25) is 15.0 Å². The van der Waals surface area contributed by atoms with Crippen LogP contribution in [0.3, 0.4) is 0 Å². The average Bonchev–Trinajstić information content (AvgIpc) is 3.30. The van der Waals surface area contributed by atoms with Crippen molar-refractivity contribution < 1.29 is 19.1 Å². The fraction of sp³-hybridized carbons (Fsp3) is 0.846. The third kappa shape index (κ3) is 8.85. The summed E-state index contributed by atoms with van der Waals surface area (Å²) < 4.78 is 4.72. The van der Waals surface area contributed by atoms with Crippen LogP contribution in [-0.4, -0.2) is 70.4 Å². The van der Waals surface area contributed by atoms with Crippen LogP contribution in [-0.2, 0) is 14.3 Å². The van der Waals surface area contributed by atoms with Gasteiger partial charge in [0.05, 0.1) is 11.9 Å². The van der Waals surface area contributed by atoms with E-state index in [2.05, 4.69) is 17.6 Å². The highest BCUT2D eigenvalue weighted by Gasteiger charge is 2.44. The highest BCUT2D eigenvalue weighted by molar-refractivity contribution is 8.00. The molecule has 0 aromatic heterocycles. The Hall–Kier alpha value is -1.97. The van der Waals surface area contributed by atoms with Gasteiger partial charge in [-0.05, 0) is 84.3 Å². The topological polar surface area (TPSA) is 138 Å². The number of nitrogens with one attached hydrogen (secondary N) is 3. The molecule has 0 spiro atoms. The predicted octanol–water partition coefficient (Wildman–Crippen LogP) is 3.65. The Bertz CT molecular complexity index is 767. The number of ether oxygens (including phenoxy) is 1. The van der Waals surface area contributed by atoms with E-state index in [0.29, 0.717) is 25.4 Å². The number of amides is 3. The molecule has 5 N–H and O–H groups in total. The van der Waals surface area contributed by atoms with Crippen molar-refractivity contribution in [1.29, 1.82) is 5.41 Å². The summed E-state index contributed by atoms with van der Waals surface area (Å²) in [7, 11) is 0. The summed E-state index contributed by atoms with van der Waals surface area (Å²) in [4.78, 5) is 41.1. The SMILES string of the molecule is CCCCSC(C)(C)[C@@H](NC(=O)OC(C)C)C(=O)N1CCC[C@H]1C(=O)NC[C@H]1CC[C@H](C(=N)N)CC1. The lowest BCUT2D eigenvalue weighted by Gasteiger charge is -2.37. The summed E-state index contributed by atoms with van der Waals surface area (Å²) in [6, 6.07) is -1.34. The van der Waals surface area contributed by atoms with Crippen molar-refractivity contribution in [3.8, 4) is 0 Å². The van der Waals surface area contributed by atoms with Gasteiger partial charge in [-0.2, -0.15) is 11.8 Å². The first-order valence-electron chi connectivity index (χ1n) is 13.5. The van der Waals surface area contributed by atoms with Crippen molar-refractivity contribution in [2.75, 3.05) is 18.8 Å². The molecule has 206 valence electrons. The van der Waals surface area contributed by atoms with Crippen LogP contribution in [0.15, 0.2) is 0 Å². The number of carbonyl (C=O) groups excluding carboxylic acids is 3. The van der Waals surface area contributed by atoms with Gasteiger partial charge in [0.25, 0.3) is 0 Å². The Labute approximate surface area is 220 Å². The minimum absolute atomic E-state index is 0.130. The highest BCUT2D eigenvalue weighted by Crippen LogP contribution is 2.32. The van der Waals surface area contributed by atoms with Gasteiger partial charge in [-0.15, -0.1) is 0 Å². The van der Waals surface area contributed by atoms with E-state index >= 15 is 0 Å². The van der Waals surface area contributed by atoms with Crippen LogP contribution < -0.4 is 16.4 Å². The number of alkyl carbamates (subject to hydrolysis) is 1. The number of nitrogens with two attached hydrogens (primary N) is 1. The minimum Gasteiger partial charge on any atom is -0.447 e. The first-order chi connectivity index (χ1) is 17.0. The summed E-state index contributed by atoms with van der Waals surface area (Å²) in [5.41, 5.74) is 5.64. The quantitative estimate of drug-likeness (QED) is 0.174. The fourth-order valence-corrected chi connectivity index (χ4v) is 6.26. The Morgan fingerprint density at radius 2 is 1.83 bits per heavy atom. The number of hydrogen-bond donors (Lipinski definition) is 4. The lowest BCUT2D eigenvalue weighted by molar-refractivity contribution is -0.140. The summed E-state index contributed by atoms with van der Waals surface area (Å²) in [6.07, 6.45) is 6.16. The molecule has 2 aliphatic rings. The van der Waals surface area contributed by atoms with Crippen LogP contribution in [0, 0.1) is 17.2 Å². The first kappa shape index (κ1) is 30.3. The largest absolute Gasteiger partial charge is 0.447 e. The van der Waals surface area contributed by atoms with E-state index < -0.39 is 22.9 Å². The van der Waals surface area contributed by atoms with E-state index in [1.165, 1.54) is 0 Å². The highest BCUT2D eigenvalue weighted by atomic mass is 32.2. The zero-order valence-corrected chi connectivity index (χ0v) is 23.5. The fourth-order valence-electron chi connectivity index (χ4n) is 4.97. The van der Waals surface area contributed by atoms with Crippen LogP contribution in [0.2, 0.25) is 0 Å². The molecule has 0 unspecified atom stereocenters. The van der Waals surface area contributed by atoms with Crippen molar-refractivity contribution in [2.45, 2.75) is 109 Å². The van der Waals surface area contributed by atoms with E-state index in [-0.39, 0.29) is 29.7 Å². The molecule has 1 aliphatic carbocycles. The zero-order chi connectivity index (χ0) is 26.9. The molecule has 1 saturated heterocycles. The Kier molecular flexibility index (Phi) is 11.8. The van der Waals surface area contributed by atoms with Crippen molar-refractivity contribution in [2.24, 2.45) is 17.6 Å². The zero-order valence-electron chi connectivity index (χ0n) is 22.7. The van der Waals surface area contributed by atoms with E-state index in [0.717, 1.165) is 50.7 Å². The number of carbonyl (C=O) groups is 3. The third-order valence-corrected chi connectivity index (χ3v) is 8.68. The number of nitrogens with zero attached hydrogens (tertiary/aromatic N) is 1. The van der Waals surface area contributed by atoms with E-state index in [4.69, 9.17) is 15.9 Å². The van der Waals surface area contributed by atoms with Gasteiger partial charge in [-0.25, -0.2) is 4.79 Å². The van der Waals surface area contributed by atoms with Gasteiger partial charge >= 0.3 is 6.09 Å². The van der Waals surface area contributed by atoms with Gasteiger partial charge in [0.15, 0.2) is 0 Å². The molecular formula is C26H47N5O4S. The normalized spacial score (nSPS) is 23.3. The van der Waals surface area contributed by atoms with Crippen molar-refractivity contribution >= 4 is 35.5 Å². The monoisotopic (exact) mass is 525 g/mol. The maximum Gasteiger partial charge on any atom is 0.408 e. The smallest absolute Gasteiger partial charge is 0.408 e. The first-order valence-corrected chi connectivity index (χ1v) is 14.5. The molecule has 1 saturated carbocycles. The lowest BCUT2D eigenvalue weighted by atomic mass is 9.81. The van der Waals surface area contributed by atoms with Crippen LogP contribution in [0.25, 0.3) is 0 Å². The summed E-state index contributed by atoms with van der Waals surface area (Å²) in [5, 5.41) is 13.5. The number of likely N-dealkylation sites (tertiary alicyclic amines) is 1. The minimum atomic E-state index is -0.805. The van der Waals surface area contributed by atoms with Gasteiger partial charge in [-0.1, -0.05) is 13.3 Å². The third-order valence-electron chi connectivity index (χ3n) is 7.21.